The highest BCUT2D eigenvalue weighted by molar-refractivity contribution is 5.74. The molecule has 0 bridgehead atoms. The molecular formula is C17H19N5O2. The molecule has 0 aliphatic rings. The first-order valence-corrected chi connectivity index (χ1v) is 7.71. The summed E-state index contributed by atoms with van der Waals surface area (Å²) in [6.07, 6.45) is 9.24. The van der Waals surface area contributed by atoms with Gasteiger partial charge in [-0.2, -0.15) is 0 Å². The van der Waals surface area contributed by atoms with Crippen LogP contribution in [0, 0.1) is 0 Å². The van der Waals surface area contributed by atoms with Crippen LogP contribution < -0.4 is 10.6 Å². The van der Waals surface area contributed by atoms with E-state index in [1.165, 1.54) is 0 Å². The molecule has 124 valence electrons. The lowest BCUT2D eigenvalue weighted by molar-refractivity contribution is 0.237. The predicted octanol–water partition coefficient (Wildman–Crippen LogP) is 2.29. The molecule has 24 heavy (non-hydrogen) atoms. The fourth-order valence-electron chi connectivity index (χ4n) is 2.31. The van der Waals surface area contributed by atoms with Crippen LogP contribution in [-0.2, 0) is 13.0 Å². The van der Waals surface area contributed by atoms with Crippen molar-refractivity contribution in [3.63, 3.8) is 0 Å². The number of nitrogens with one attached hydrogen (secondary N) is 2. The second-order valence-electron chi connectivity index (χ2n) is 5.51. The summed E-state index contributed by atoms with van der Waals surface area (Å²) in [7, 11) is 0. The summed E-state index contributed by atoms with van der Waals surface area (Å²) in [5.74, 6) is 1.63. The molecule has 1 atom stereocenters. The van der Waals surface area contributed by atoms with Crippen molar-refractivity contribution in [3.8, 4) is 5.82 Å². The molecule has 0 spiro atoms. The molecule has 3 aromatic rings. The van der Waals surface area contributed by atoms with Crippen molar-refractivity contribution < 1.29 is 9.21 Å². The molecule has 2 amide bonds. The molecule has 3 aromatic heterocycles. The van der Waals surface area contributed by atoms with Gasteiger partial charge in [-0.3, -0.25) is 4.57 Å². The number of hydrogen-bond acceptors (Lipinski definition) is 4. The number of pyridine rings is 1. The number of rotatable bonds is 6. The molecule has 0 saturated heterocycles. The molecule has 2 N–H and O–H groups in total. The van der Waals surface area contributed by atoms with Crippen LogP contribution in [0.3, 0.4) is 0 Å². The van der Waals surface area contributed by atoms with E-state index in [0.29, 0.717) is 13.0 Å². The average Bonchev–Trinajstić information content (AvgIpc) is 3.27. The van der Waals surface area contributed by atoms with Crippen molar-refractivity contribution in [3.05, 3.63) is 66.8 Å². The SMILES string of the molecule is CC(Cc1ccco1)NC(=O)NCc1ccc(-n2ccnc2)nc1. The summed E-state index contributed by atoms with van der Waals surface area (Å²) in [5.41, 5.74) is 0.924. The maximum atomic E-state index is 11.9. The Morgan fingerprint density at radius 2 is 2.29 bits per heavy atom. The van der Waals surface area contributed by atoms with Gasteiger partial charge >= 0.3 is 6.03 Å². The highest BCUT2D eigenvalue weighted by Crippen LogP contribution is 2.06. The minimum absolute atomic E-state index is 0.0158. The molecule has 0 radical (unpaired) electrons. The minimum atomic E-state index is -0.215. The summed E-state index contributed by atoms with van der Waals surface area (Å²) in [4.78, 5) is 20.3. The third-order valence-corrected chi connectivity index (χ3v) is 3.50. The highest BCUT2D eigenvalue weighted by Gasteiger charge is 2.09. The Labute approximate surface area is 139 Å². The van der Waals surface area contributed by atoms with Gasteiger partial charge in [0.2, 0.25) is 0 Å². The molecule has 7 nitrogen and oxygen atoms in total. The smallest absolute Gasteiger partial charge is 0.315 e. The van der Waals surface area contributed by atoms with Crippen LogP contribution in [0.1, 0.15) is 18.2 Å². The van der Waals surface area contributed by atoms with Crippen LogP contribution in [0.15, 0.2) is 59.9 Å². The maximum absolute atomic E-state index is 11.9. The topological polar surface area (TPSA) is 85.0 Å². The third-order valence-electron chi connectivity index (χ3n) is 3.50. The zero-order valence-corrected chi connectivity index (χ0v) is 13.3. The highest BCUT2D eigenvalue weighted by atomic mass is 16.3. The lowest BCUT2D eigenvalue weighted by Gasteiger charge is -2.13. The summed E-state index contributed by atoms with van der Waals surface area (Å²) in [5, 5.41) is 5.70. The average molecular weight is 325 g/mol. The number of amides is 2. The Morgan fingerprint density at radius 1 is 1.38 bits per heavy atom. The van der Waals surface area contributed by atoms with E-state index < -0.39 is 0 Å². The fourth-order valence-corrected chi connectivity index (χ4v) is 2.31. The van der Waals surface area contributed by atoms with E-state index in [4.69, 9.17) is 4.42 Å². The molecule has 0 aliphatic heterocycles. The summed E-state index contributed by atoms with van der Waals surface area (Å²) in [6.45, 7) is 2.35. The van der Waals surface area contributed by atoms with Crippen molar-refractivity contribution >= 4 is 6.03 Å². The monoisotopic (exact) mass is 325 g/mol. The zero-order valence-electron chi connectivity index (χ0n) is 13.3. The van der Waals surface area contributed by atoms with Gasteiger partial charge in [0.25, 0.3) is 0 Å². The first kappa shape index (κ1) is 15.8. The Kier molecular flexibility index (Phi) is 4.90. The van der Waals surface area contributed by atoms with Gasteiger partial charge in [0.05, 0.1) is 6.26 Å². The normalized spacial score (nSPS) is 11.9. The van der Waals surface area contributed by atoms with Crippen LogP contribution in [-0.4, -0.2) is 26.6 Å². The molecule has 0 aromatic carbocycles. The summed E-state index contributed by atoms with van der Waals surface area (Å²) >= 11 is 0. The van der Waals surface area contributed by atoms with E-state index in [1.54, 1.807) is 25.0 Å². The molecule has 3 rings (SSSR count). The summed E-state index contributed by atoms with van der Waals surface area (Å²) in [6, 6.07) is 7.31. The number of aromatic nitrogens is 3. The lowest BCUT2D eigenvalue weighted by Crippen LogP contribution is -2.41. The zero-order chi connectivity index (χ0) is 16.8. The van der Waals surface area contributed by atoms with Gasteiger partial charge in [0.15, 0.2) is 0 Å². The summed E-state index contributed by atoms with van der Waals surface area (Å²) < 4.78 is 7.09. The third kappa shape index (κ3) is 4.22. The van der Waals surface area contributed by atoms with Crippen LogP contribution >= 0.6 is 0 Å². The van der Waals surface area contributed by atoms with E-state index in [9.17, 15) is 4.79 Å². The van der Waals surface area contributed by atoms with E-state index in [0.717, 1.165) is 17.1 Å². The molecule has 7 heteroatoms. The number of furan rings is 1. The van der Waals surface area contributed by atoms with Gasteiger partial charge in [0, 0.05) is 37.6 Å². The van der Waals surface area contributed by atoms with Crippen LogP contribution in [0.2, 0.25) is 0 Å². The Hall–Kier alpha value is -3.09. The number of urea groups is 1. The quantitative estimate of drug-likeness (QED) is 0.728. The van der Waals surface area contributed by atoms with Gasteiger partial charge in [-0.05, 0) is 30.7 Å². The van der Waals surface area contributed by atoms with E-state index in [1.807, 2.05) is 42.0 Å². The molecular weight excluding hydrogens is 306 g/mol. The number of imidazole rings is 1. The largest absolute Gasteiger partial charge is 0.469 e. The first-order valence-electron chi connectivity index (χ1n) is 7.71. The van der Waals surface area contributed by atoms with Gasteiger partial charge in [-0.15, -0.1) is 0 Å². The molecule has 0 aliphatic carbocycles. The van der Waals surface area contributed by atoms with Gasteiger partial charge in [-0.25, -0.2) is 14.8 Å². The van der Waals surface area contributed by atoms with Crippen LogP contribution in [0.5, 0.6) is 0 Å². The number of hydrogen-bond donors (Lipinski definition) is 2. The number of carbonyl (C=O) groups is 1. The maximum Gasteiger partial charge on any atom is 0.315 e. The number of nitrogens with zero attached hydrogens (tertiary/aromatic N) is 3. The fraction of sp³-hybridized carbons (Fsp3) is 0.235. The van der Waals surface area contributed by atoms with Gasteiger partial charge < -0.3 is 15.1 Å². The van der Waals surface area contributed by atoms with Crippen molar-refractivity contribution in [1.29, 1.82) is 0 Å². The first-order chi connectivity index (χ1) is 11.7. The van der Waals surface area contributed by atoms with Crippen LogP contribution in [0.25, 0.3) is 5.82 Å². The molecule has 0 fully saturated rings. The predicted molar refractivity (Wildman–Crippen MR) is 88.6 cm³/mol. The Morgan fingerprint density at radius 3 is 2.96 bits per heavy atom. The van der Waals surface area contributed by atoms with Gasteiger partial charge in [-0.1, -0.05) is 6.07 Å². The van der Waals surface area contributed by atoms with Gasteiger partial charge in [0.1, 0.15) is 17.9 Å². The van der Waals surface area contributed by atoms with Crippen LogP contribution in [0.4, 0.5) is 4.79 Å². The van der Waals surface area contributed by atoms with E-state index in [2.05, 4.69) is 20.6 Å². The minimum Gasteiger partial charge on any atom is -0.469 e. The van der Waals surface area contributed by atoms with Crippen molar-refractivity contribution in [2.45, 2.75) is 25.9 Å². The van der Waals surface area contributed by atoms with Crippen molar-refractivity contribution in [1.82, 2.24) is 25.2 Å². The molecule has 0 saturated carbocycles. The molecule has 3 heterocycles. The van der Waals surface area contributed by atoms with Crippen molar-refractivity contribution in [2.24, 2.45) is 0 Å². The number of carbonyl (C=O) groups excluding carboxylic acids is 1. The van der Waals surface area contributed by atoms with Crippen molar-refractivity contribution in [2.75, 3.05) is 0 Å². The van der Waals surface area contributed by atoms with E-state index in [-0.39, 0.29) is 12.1 Å². The molecule has 1 unspecified atom stereocenters. The lowest BCUT2D eigenvalue weighted by atomic mass is 10.2. The Balaban J connectivity index is 1.45. The second-order valence-corrected chi connectivity index (χ2v) is 5.51. The Bertz CT molecular complexity index is 751. The second kappa shape index (κ2) is 7.45. The standard InChI is InChI=1S/C17H19N5O2/c1-13(9-15-3-2-8-24-15)21-17(23)20-11-14-4-5-16(19-10-14)22-7-6-18-12-22/h2-8,10,12-13H,9,11H2,1H3,(H2,20,21,23). The van der Waals surface area contributed by atoms with E-state index >= 15 is 0 Å².